The number of rotatable bonds is 4. The molecule has 0 spiro atoms. The zero-order chi connectivity index (χ0) is 13.1. The summed E-state index contributed by atoms with van der Waals surface area (Å²) in [6.45, 7) is 0. The topological polar surface area (TPSA) is 50.9 Å². The average molecular weight is 323 g/mol. The Kier molecular flexibility index (Phi) is 4.84. The number of nitrogens with one attached hydrogen (secondary N) is 1. The molecule has 1 unspecified atom stereocenters. The lowest BCUT2D eigenvalue weighted by Crippen LogP contribution is -2.30. The quantitative estimate of drug-likeness (QED) is 0.664. The van der Waals surface area contributed by atoms with Gasteiger partial charge in [-0.05, 0) is 18.2 Å². The van der Waals surface area contributed by atoms with Crippen molar-refractivity contribution in [3.63, 3.8) is 0 Å². The van der Waals surface area contributed by atoms with E-state index in [2.05, 4.69) is 10.4 Å². The molecule has 96 valence electrons. The van der Waals surface area contributed by atoms with Gasteiger partial charge in [-0.3, -0.25) is 16.3 Å². The summed E-state index contributed by atoms with van der Waals surface area (Å²) in [4.78, 5) is 5.32. The molecule has 0 saturated heterocycles. The molecule has 7 heteroatoms. The number of nitrogens with two attached hydrogens (primary N) is 1. The second-order valence-electron chi connectivity index (χ2n) is 3.65. The highest BCUT2D eigenvalue weighted by Gasteiger charge is 2.17. The maximum Gasteiger partial charge on any atom is 0.0931 e. The summed E-state index contributed by atoms with van der Waals surface area (Å²) in [5.41, 5.74) is 3.38. The van der Waals surface area contributed by atoms with Crippen LogP contribution >= 0.6 is 46.1 Å². The molecular formula is C11H10Cl3N3S. The zero-order valence-corrected chi connectivity index (χ0v) is 12.2. The van der Waals surface area contributed by atoms with E-state index >= 15 is 0 Å². The second kappa shape index (κ2) is 6.19. The molecule has 0 aliphatic carbocycles. The fourth-order valence-corrected chi connectivity index (χ4v) is 3.22. The van der Waals surface area contributed by atoms with Crippen LogP contribution in [0.15, 0.2) is 24.4 Å². The van der Waals surface area contributed by atoms with Crippen LogP contribution in [0.5, 0.6) is 0 Å². The number of hydrogen-bond donors (Lipinski definition) is 2. The summed E-state index contributed by atoms with van der Waals surface area (Å²) < 4.78 is 0.746. The van der Waals surface area contributed by atoms with Crippen molar-refractivity contribution in [1.82, 2.24) is 10.4 Å². The van der Waals surface area contributed by atoms with Gasteiger partial charge in [0, 0.05) is 17.5 Å². The van der Waals surface area contributed by atoms with E-state index in [-0.39, 0.29) is 6.04 Å². The first kappa shape index (κ1) is 14.1. The molecule has 0 aliphatic heterocycles. The highest BCUT2D eigenvalue weighted by atomic mass is 35.5. The van der Waals surface area contributed by atoms with Crippen molar-refractivity contribution in [2.45, 2.75) is 12.5 Å². The SMILES string of the molecule is NNC(Cc1ccc(Cl)s1)c1ncc(Cl)cc1Cl. The minimum atomic E-state index is -0.176. The van der Waals surface area contributed by atoms with Gasteiger partial charge < -0.3 is 0 Å². The Labute approximate surface area is 124 Å². The summed E-state index contributed by atoms with van der Waals surface area (Å²) in [6, 6.07) is 5.29. The molecule has 0 saturated carbocycles. The first-order chi connectivity index (χ1) is 8.60. The first-order valence-electron chi connectivity index (χ1n) is 5.11. The lowest BCUT2D eigenvalue weighted by Gasteiger charge is -2.15. The van der Waals surface area contributed by atoms with Crippen molar-refractivity contribution in [3.05, 3.63) is 49.3 Å². The molecule has 2 heterocycles. The predicted molar refractivity (Wildman–Crippen MR) is 77.4 cm³/mol. The Balaban J connectivity index is 2.22. The normalized spacial score (nSPS) is 12.7. The van der Waals surface area contributed by atoms with Crippen molar-refractivity contribution in [2.24, 2.45) is 5.84 Å². The molecule has 3 N–H and O–H groups in total. The van der Waals surface area contributed by atoms with Crippen LogP contribution in [0.1, 0.15) is 16.6 Å². The summed E-state index contributed by atoms with van der Waals surface area (Å²) in [5, 5.41) is 0.992. The molecule has 2 aromatic heterocycles. The van der Waals surface area contributed by atoms with Gasteiger partial charge in [0.05, 0.1) is 26.1 Å². The number of nitrogens with zero attached hydrogens (tertiary/aromatic N) is 1. The molecule has 1 atom stereocenters. The van der Waals surface area contributed by atoms with Crippen molar-refractivity contribution in [1.29, 1.82) is 0 Å². The van der Waals surface area contributed by atoms with Gasteiger partial charge in [0.25, 0.3) is 0 Å². The molecule has 0 amide bonds. The summed E-state index contributed by atoms with van der Waals surface area (Å²) in [5.74, 6) is 5.56. The highest BCUT2D eigenvalue weighted by molar-refractivity contribution is 7.16. The average Bonchev–Trinajstić information content (AvgIpc) is 2.72. The first-order valence-corrected chi connectivity index (χ1v) is 7.06. The second-order valence-corrected chi connectivity index (χ2v) is 6.29. The zero-order valence-electron chi connectivity index (χ0n) is 9.16. The molecule has 3 nitrogen and oxygen atoms in total. The van der Waals surface area contributed by atoms with E-state index in [0.717, 1.165) is 9.21 Å². The highest BCUT2D eigenvalue weighted by Crippen LogP contribution is 2.29. The molecule has 0 bridgehead atoms. The molecule has 0 aromatic carbocycles. The van der Waals surface area contributed by atoms with Gasteiger partial charge in [-0.15, -0.1) is 11.3 Å². The number of aromatic nitrogens is 1. The summed E-state index contributed by atoms with van der Waals surface area (Å²) >= 11 is 19.3. The van der Waals surface area contributed by atoms with Crippen LogP contribution in [0, 0.1) is 0 Å². The van der Waals surface area contributed by atoms with E-state index in [4.69, 9.17) is 40.6 Å². The molecule has 0 fully saturated rings. The maximum absolute atomic E-state index is 6.11. The Morgan fingerprint density at radius 2 is 2.11 bits per heavy atom. The Hall–Kier alpha value is -0.360. The fraction of sp³-hybridized carbons (Fsp3) is 0.182. The van der Waals surface area contributed by atoms with Crippen LogP contribution in [-0.2, 0) is 6.42 Å². The van der Waals surface area contributed by atoms with Crippen LogP contribution in [-0.4, -0.2) is 4.98 Å². The van der Waals surface area contributed by atoms with Crippen LogP contribution in [0.25, 0.3) is 0 Å². The van der Waals surface area contributed by atoms with Crippen molar-refractivity contribution in [2.75, 3.05) is 0 Å². The Bertz CT molecular complexity index is 544. The van der Waals surface area contributed by atoms with Gasteiger partial charge in [0.2, 0.25) is 0 Å². The molecule has 0 aliphatic rings. The molecular weight excluding hydrogens is 313 g/mol. The monoisotopic (exact) mass is 321 g/mol. The van der Waals surface area contributed by atoms with Crippen molar-refractivity contribution >= 4 is 46.1 Å². The van der Waals surface area contributed by atoms with Crippen LogP contribution < -0.4 is 11.3 Å². The van der Waals surface area contributed by atoms with E-state index in [0.29, 0.717) is 22.2 Å². The fourth-order valence-electron chi connectivity index (χ4n) is 1.58. The Morgan fingerprint density at radius 3 is 2.67 bits per heavy atom. The van der Waals surface area contributed by atoms with Gasteiger partial charge in [-0.1, -0.05) is 34.8 Å². The predicted octanol–water partition coefficient (Wildman–Crippen LogP) is 3.85. The third-order valence-corrected chi connectivity index (χ3v) is 4.16. The minimum Gasteiger partial charge on any atom is -0.271 e. The van der Waals surface area contributed by atoms with Gasteiger partial charge in [0.1, 0.15) is 0 Å². The van der Waals surface area contributed by atoms with E-state index in [1.165, 1.54) is 11.3 Å². The van der Waals surface area contributed by atoms with E-state index < -0.39 is 0 Å². The number of hydrazine groups is 1. The standard InChI is InChI=1S/C11H10Cl3N3S/c12-6-3-8(13)11(16-5-6)9(17-15)4-7-1-2-10(14)18-7/h1-3,5,9,17H,4,15H2. The number of halogens is 3. The number of thiophene rings is 1. The van der Waals surface area contributed by atoms with Crippen molar-refractivity contribution < 1.29 is 0 Å². The van der Waals surface area contributed by atoms with E-state index in [1.807, 2.05) is 12.1 Å². The molecule has 2 aromatic rings. The smallest absolute Gasteiger partial charge is 0.0931 e. The van der Waals surface area contributed by atoms with Gasteiger partial charge in [0.15, 0.2) is 0 Å². The van der Waals surface area contributed by atoms with Gasteiger partial charge in [-0.2, -0.15) is 0 Å². The van der Waals surface area contributed by atoms with Crippen LogP contribution in [0.3, 0.4) is 0 Å². The third kappa shape index (κ3) is 3.35. The summed E-state index contributed by atoms with van der Waals surface area (Å²) in [6.07, 6.45) is 2.22. The van der Waals surface area contributed by atoms with E-state index in [1.54, 1.807) is 12.3 Å². The number of pyridine rings is 1. The molecule has 0 radical (unpaired) electrons. The van der Waals surface area contributed by atoms with Crippen LogP contribution in [0.2, 0.25) is 14.4 Å². The lowest BCUT2D eigenvalue weighted by atomic mass is 10.1. The van der Waals surface area contributed by atoms with Gasteiger partial charge >= 0.3 is 0 Å². The maximum atomic E-state index is 6.11. The third-order valence-electron chi connectivity index (χ3n) is 2.40. The molecule has 18 heavy (non-hydrogen) atoms. The van der Waals surface area contributed by atoms with Gasteiger partial charge in [-0.25, -0.2) is 0 Å². The van der Waals surface area contributed by atoms with Crippen LogP contribution in [0.4, 0.5) is 0 Å². The lowest BCUT2D eigenvalue weighted by molar-refractivity contribution is 0.542. The largest absolute Gasteiger partial charge is 0.271 e. The number of hydrogen-bond acceptors (Lipinski definition) is 4. The minimum absolute atomic E-state index is 0.176. The van der Waals surface area contributed by atoms with Crippen molar-refractivity contribution in [3.8, 4) is 0 Å². The summed E-state index contributed by atoms with van der Waals surface area (Å²) in [7, 11) is 0. The Morgan fingerprint density at radius 1 is 1.33 bits per heavy atom. The molecule has 2 rings (SSSR count). The van der Waals surface area contributed by atoms with E-state index in [9.17, 15) is 0 Å².